The Morgan fingerprint density at radius 3 is 2.38 bits per heavy atom. The smallest absolute Gasteiger partial charge is 0.546 e. The summed E-state index contributed by atoms with van der Waals surface area (Å²) in [5.74, 6) is -1.41. The molecular weight excluding hydrogens is 362 g/mol. The Hall–Kier alpha value is -0.520. The van der Waals surface area contributed by atoms with E-state index < -0.39 is 11.6 Å². The molecule has 0 N–H and O–H groups in total. The van der Waals surface area contributed by atoms with E-state index in [-0.39, 0.29) is 56.7 Å². The third kappa shape index (κ3) is 4.17. The summed E-state index contributed by atoms with van der Waals surface area (Å²) in [7, 11) is 0. The maximum absolute atomic E-state index is 12.3. The van der Waals surface area contributed by atoms with Crippen molar-refractivity contribution in [3.8, 4) is 5.75 Å². The minimum atomic E-state index is -1.36. The summed E-state index contributed by atoms with van der Waals surface area (Å²) in [4.78, 5) is 23.6. The largest absolute Gasteiger partial charge is 1.00 e. The summed E-state index contributed by atoms with van der Waals surface area (Å²) in [5, 5.41) is 11.3. The van der Waals surface area contributed by atoms with Crippen molar-refractivity contribution in [1.29, 1.82) is 0 Å². The van der Waals surface area contributed by atoms with Crippen LogP contribution in [0.3, 0.4) is 0 Å². The van der Waals surface area contributed by atoms with Gasteiger partial charge in [-0.2, -0.15) is 0 Å². The molecule has 2 rings (SSSR count). The number of aliphatic carboxylic acids is 1. The van der Waals surface area contributed by atoms with Gasteiger partial charge >= 0.3 is 29.6 Å². The Bertz CT molecular complexity index is 669. The van der Waals surface area contributed by atoms with Crippen LogP contribution in [0.25, 0.3) is 0 Å². The molecule has 7 heteroatoms. The zero-order valence-electron chi connectivity index (χ0n) is 13.8. The first-order valence-corrected chi connectivity index (χ1v) is 8.19. The first-order valence-electron chi connectivity index (χ1n) is 7.43. The first-order chi connectivity index (χ1) is 10.8. The molecule has 4 nitrogen and oxygen atoms in total. The Morgan fingerprint density at radius 2 is 1.92 bits per heavy atom. The fraction of sp³-hybridized carbons (Fsp3) is 0.412. The molecule has 1 saturated carbocycles. The van der Waals surface area contributed by atoms with E-state index in [1.165, 1.54) is 12.1 Å². The summed E-state index contributed by atoms with van der Waals surface area (Å²) < 4.78 is 5.54. The number of halogens is 2. The molecule has 1 fully saturated rings. The van der Waals surface area contributed by atoms with Gasteiger partial charge in [0.1, 0.15) is 16.4 Å². The summed E-state index contributed by atoms with van der Waals surface area (Å²) in [6, 6.07) is 2.94. The topological polar surface area (TPSA) is 66.4 Å². The van der Waals surface area contributed by atoms with Gasteiger partial charge in [-0.15, -0.1) is 0 Å². The molecule has 0 bridgehead atoms. The molecule has 24 heavy (non-hydrogen) atoms. The van der Waals surface area contributed by atoms with Gasteiger partial charge in [0.05, 0.1) is 11.0 Å². The fourth-order valence-electron chi connectivity index (χ4n) is 2.45. The molecule has 1 aromatic rings. The zero-order chi connectivity index (χ0) is 17.2. The molecule has 1 aromatic carbocycles. The molecule has 0 unspecified atom stereocenters. The number of carbonyl (C=O) groups excluding carboxylic acids is 2. The number of rotatable bonds is 7. The number of ketones is 1. The minimum Gasteiger partial charge on any atom is -0.546 e. The van der Waals surface area contributed by atoms with Crippen molar-refractivity contribution in [2.24, 2.45) is 0 Å². The van der Waals surface area contributed by atoms with Crippen molar-refractivity contribution in [3.63, 3.8) is 0 Å². The molecule has 0 radical (unpaired) electrons. The Labute approximate surface area is 173 Å². The van der Waals surface area contributed by atoms with E-state index in [0.29, 0.717) is 24.8 Å². The molecular formula is C17H17Cl2NaO4. The number of benzene rings is 1. The van der Waals surface area contributed by atoms with Gasteiger partial charge in [0.25, 0.3) is 0 Å². The summed E-state index contributed by atoms with van der Waals surface area (Å²) in [6.07, 6.45) is 2.82. The molecule has 0 saturated heterocycles. The van der Waals surface area contributed by atoms with Gasteiger partial charge in [-0.05, 0) is 43.4 Å². The third-order valence-corrected chi connectivity index (χ3v) is 4.87. The molecule has 0 aliphatic heterocycles. The van der Waals surface area contributed by atoms with Gasteiger partial charge in [-0.3, -0.25) is 4.79 Å². The molecule has 0 spiro atoms. The average Bonchev–Trinajstić information content (AvgIpc) is 2.46. The van der Waals surface area contributed by atoms with E-state index in [2.05, 4.69) is 6.58 Å². The van der Waals surface area contributed by atoms with Crippen molar-refractivity contribution in [2.45, 2.75) is 44.6 Å². The summed E-state index contributed by atoms with van der Waals surface area (Å²) in [6.45, 7) is 5.70. The number of ether oxygens (including phenoxy) is 1. The molecule has 0 atom stereocenters. The van der Waals surface area contributed by atoms with Gasteiger partial charge in [0, 0.05) is 5.56 Å². The minimum absolute atomic E-state index is 0. The van der Waals surface area contributed by atoms with E-state index in [4.69, 9.17) is 27.9 Å². The number of Topliss-reactive ketones (excluding diaryl/α,β-unsaturated/α-hetero) is 1. The molecule has 0 aromatic heterocycles. The number of allylic oxidation sites excluding steroid dienone is 1. The van der Waals surface area contributed by atoms with Crippen LogP contribution < -0.4 is 39.4 Å². The molecule has 0 amide bonds. The number of hydrogen-bond acceptors (Lipinski definition) is 4. The number of carboxylic acid groups (broad SMARTS) is 1. The maximum atomic E-state index is 12.3. The fourth-order valence-corrected chi connectivity index (χ4v) is 2.89. The second-order valence-corrected chi connectivity index (χ2v) is 6.42. The van der Waals surface area contributed by atoms with Crippen molar-refractivity contribution in [3.05, 3.63) is 39.9 Å². The van der Waals surface area contributed by atoms with Gasteiger partial charge in [0.2, 0.25) is 0 Å². The van der Waals surface area contributed by atoms with Crippen LogP contribution in [0, 0.1) is 0 Å². The molecule has 1 aliphatic carbocycles. The standard InChI is InChI=1S/C17H18Cl2O4.Na/c1-3-5-10(2)15(20)11-6-7-12(14(19)13(11)18)23-17(16(21)22)8-4-9-17;/h6-7H,2-5,8-9H2,1H3,(H,21,22);/q;+1/p-1. The van der Waals surface area contributed by atoms with E-state index >= 15 is 0 Å². The van der Waals surface area contributed by atoms with Crippen LogP contribution in [-0.2, 0) is 4.79 Å². The molecule has 1 aliphatic rings. The van der Waals surface area contributed by atoms with Crippen molar-refractivity contribution in [2.75, 3.05) is 0 Å². The van der Waals surface area contributed by atoms with Crippen LogP contribution in [-0.4, -0.2) is 17.4 Å². The number of carbonyl (C=O) groups is 2. The summed E-state index contributed by atoms with van der Waals surface area (Å²) >= 11 is 12.3. The van der Waals surface area contributed by atoms with Crippen LogP contribution in [0.2, 0.25) is 10.0 Å². The SMILES string of the molecule is C=C(CCC)C(=O)c1ccc(OC2(C(=O)[O-])CCC2)c(Cl)c1Cl.[Na+]. The first kappa shape index (κ1) is 21.5. The predicted molar refractivity (Wildman–Crippen MR) is 87.1 cm³/mol. The molecule has 124 valence electrons. The monoisotopic (exact) mass is 378 g/mol. The Morgan fingerprint density at radius 1 is 1.29 bits per heavy atom. The van der Waals surface area contributed by atoms with Crippen molar-refractivity contribution < 1.29 is 49.0 Å². The van der Waals surface area contributed by atoms with Crippen LogP contribution in [0.1, 0.15) is 49.4 Å². The van der Waals surface area contributed by atoms with E-state index in [1.807, 2.05) is 6.92 Å². The normalized spacial score (nSPS) is 15.0. The second-order valence-electron chi connectivity index (χ2n) is 5.66. The van der Waals surface area contributed by atoms with E-state index in [1.54, 1.807) is 0 Å². The van der Waals surface area contributed by atoms with Crippen molar-refractivity contribution >= 4 is 35.0 Å². The predicted octanol–water partition coefficient (Wildman–Crippen LogP) is 0.588. The average molecular weight is 379 g/mol. The molecule has 0 heterocycles. The van der Waals surface area contributed by atoms with Gasteiger partial charge < -0.3 is 14.6 Å². The Kier molecular flexibility index (Phi) is 7.82. The Balaban J connectivity index is 0.00000288. The van der Waals surface area contributed by atoms with Gasteiger partial charge in [0.15, 0.2) is 5.78 Å². The van der Waals surface area contributed by atoms with Crippen LogP contribution in [0.15, 0.2) is 24.3 Å². The second kappa shape index (κ2) is 8.72. The van der Waals surface area contributed by atoms with Crippen LogP contribution in [0.5, 0.6) is 5.75 Å². The van der Waals surface area contributed by atoms with Gasteiger partial charge in [-0.25, -0.2) is 0 Å². The maximum Gasteiger partial charge on any atom is 1.00 e. The number of hydrogen-bond donors (Lipinski definition) is 0. The zero-order valence-corrected chi connectivity index (χ0v) is 17.3. The van der Waals surface area contributed by atoms with Crippen molar-refractivity contribution in [1.82, 2.24) is 0 Å². The van der Waals surface area contributed by atoms with Crippen LogP contribution >= 0.6 is 23.2 Å². The quantitative estimate of drug-likeness (QED) is 0.395. The third-order valence-electron chi connectivity index (χ3n) is 4.00. The van der Waals surface area contributed by atoms with Gasteiger partial charge in [-0.1, -0.05) is 43.1 Å². The number of carboxylic acids is 1. The van der Waals surface area contributed by atoms with E-state index in [9.17, 15) is 14.7 Å². The summed E-state index contributed by atoms with van der Waals surface area (Å²) in [5.41, 5.74) is -0.674. The van der Waals surface area contributed by atoms with E-state index in [0.717, 1.165) is 12.8 Å². The van der Waals surface area contributed by atoms with Crippen LogP contribution in [0.4, 0.5) is 0 Å².